The maximum atomic E-state index is 3.95. The van der Waals surface area contributed by atoms with Crippen molar-refractivity contribution in [2.75, 3.05) is 13.1 Å². The van der Waals surface area contributed by atoms with Gasteiger partial charge in [-0.05, 0) is 23.3 Å². The molecule has 2 heterocycles. The van der Waals surface area contributed by atoms with Crippen LogP contribution < -0.4 is 5.32 Å². The van der Waals surface area contributed by atoms with Crippen LogP contribution in [0.2, 0.25) is 0 Å². The van der Waals surface area contributed by atoms with Crippen molar-refractivity contribution in [2.45, 2.75) is 0 Å². The highest BCUT2D eigenvalue weighted by Gasteiger charge is 2.05. The van der Waals surface area contributed by atoms with Crippen molar-refractivity contribution in [3.63, 3.8) is 0 Å². The van der Waals surface area contributed by atoms with Crippen LogP contribution in [0.1, 0.15) is 5.56 Å². The predicted molar refractivity (Wildman–Crippen MR) is 45.1 cm³/mol. The highest BCUT2D eigenvalue weighted by Crippen LogP contribution is 2.08. The molecule has 0 unspecified atom stereocenters. The van der Waals surface area contributed by atoms with Crippen molar-refractivity contribution >= 4 is 6.08 Å². The summed E-state index contributed by atoms with van der Waals surface area (Å²) in [5, 5.41) is 3.20. The first-order valence-electron chi connectivity index (χ1n) is 3.75. The molecule has 1 N–H and O–H groups in total. The van der Waals surface area contributed by atoms with Crippen molar-refractivity contribution in [2.24, 2.45) is 0 Å². The van der Waals surface area contributed by atoms with E-state index in [1.807, 2.05) is 24.5 Å². The average molecular weight is 146 g/mol. The monoisotopic (exact) mass is 146 g/mol. The van der Waals surface area contributed by atoms with E-state index in [1.165, 1.54) is 11.1 Å². The predicted octanol–water partition coefficient (Wildman–Crippen LogP) is 1.07. The molecule has 1 aliphatic rings. The van der Waals surface area contributed by atoms with Crippen LogP contribution in [0.3, 0.4) is 0 Å². The van der Waals surface area contributed by atoms with E-state index in [0.717, 1.165) is 13.1 Å². The maximum absolute atomic E-state index is 3.95. The van der Waals surface area contributed by atoms with Crippen LogP contribution in [-0.2, 0) is 0 Å². The smallest absolute Gasteiger partial charge is 0.0273 e. The zero-order chi connectivity index (χ0) is 7.52. The van der Waals surface area contributed by atoms with Crippen LogP contribution in [-0.4, -0.2) is 18.1 Å². The molecule has 2 rings (SSSR count). The van der Waals surface area contributed by atoms with Gasteiger partial charge in [0.2, 0.25) is 0 Å². The molecule has 56 valence electrons. The van der Waals surface area contributed by atoms with E-state index in [2.05, 4.69) is 16.4 Å². The summed E-state index contributed by atoms with van der Waals surface area (Å²) in [5.41, 5.74) is 2.72. The molecule has 0 radical (unpaired) electrons. The van der Waals surface area contributed by atoms with E-state index in [-0.39, 0.29) is 0 Å². The van der Waals surface area contributed by atoms with Gasteiger partial charge in [-0.2, -0.15) is 0 Å². The summed E-state index contributed by atoms with van der Waals surface area (Å²) in [6.07, 6.45) is 5.84. The Labute approximate surface area is 66.0 Å². The Morgan fingerprint density at radius 1 is 1.27 bits per heavy atom. The lowest BCUT2D eigenvalue weighted by Crippen LogP contribution is -2.33. The van der Waals surface area contributed by atoms with Crippen LogP contribution in [0.4, 0.5) is 0 Å². The van der Waals surface area contributed by atoms with Crippen molar-refractivity contribution in [1.29, 1.82) is 0 Å². The third-order valence-corrected chi connectivity index (χ3v) is 1.78. The van der Waals surface area contributed by atoms with Gasteiger partial charge in [-0.3, -0.25) is 4.98 Å². The quantitative estimate of drug-likeness (QED) is 0.641. The Kier molecular flexibility index (Phi) is 1.69. The van der Waals surface area contributed by atoms with Crippen LogP contribution in [0.25, 0.3) is 6.08 Å². The minimum Gasteiger partial charge on any atom is -0.309 e. The Morgan fingerprint density at radius 2 is 2.00 bits per heavy atom. The van der Waals surface area contributed by atoms with Gasteiger partial charge >= 0.3 is 0 Å². The number of hydrogen-bond donors (Lipinski definition) is 1. The molecular formula is C9H10N2. The van der Waals surface area contributed by atoms with E-state index in [4.69, 9.17) is 0 Å². The molecule has 1 aromatic rings. The van der Waals surface area contributed by atoms with Gasteiger partial charge in [-0.25, -0.2) is 0 Å². The second kappa shape index (κ2) is 2.84. The normalized spacial score (nSPS) is 15.8. The van der Waals surface area contributed by atoms with Gasteiger partial charge in [-0.1, -0.05) is 6.08 Å². The first kappa shape index (κ1) is 6.55. The lowest BCUT2D eigenvalue weighted by atomic mass is 10.1. The molecule has 0 atom stereocenters. The van der Waals surface area contributed by atoms with Gasteiger partial charge in [0.05, 0.1) is 0 Å². The number of pyridine rings is 1. The van der Waals surface area contributed by atoms with E-state index in [9.17, 15) is 0 Å². The molecule has 0 amide bonds. The summed E-state index contributed by atoms with van der Waals surface area (Å²) in [4.78, 5) is 3.95. The van der Waals surface area contributed by atoms with Gasteiger partial charge in [0.15, 0.2) is 0 Å². The number of nitrogens with zero attached hydrogens (tertiary/aromatic N) is 1. The average Bonchev–Trinajstić information content (AvgIpc) is 1.99. The van der Waals surface area contributed by atoms with Crippen LogP contribution >= 0.6 is 0 Å². The fraction of sp³-hybridized carbons (Fsp3) is 0.222. The first-order valence-corrected chi connectivity index (χ1v) is 3.75. The van der Waals surface area contributed by atoms with Crippen LogP contribution in [0.5, 0.6) is 0 Å². The molecule has 2 nitrogen and oxygen atoms in total. The molecule has 1 aliphatic heterocycles. The minimum absolute atomic E-state index is 1.04. The molecule has 0 saturated carbocycles. The minimum atomic E-state index is 1.04. The van der Waals surface area contributed by atoms with Gasteiger partial charge in [0, 0.05) is 25.5 Å². The molecule has 0 aromatic carbocycles. The van der Waals surface area contributed by atoms with E-state index in [0.29, 0.717) is 0 Å². The maximum Gasteiger partial charge on any atom is 0.0273 e. The van der Waals surface area contributed by atoms with Gasteiger partial charge in [0.1, 0.15) is 0 Å². The molecule has 1 aromatic heterocycles. The summed E-state index contributed by atoms with van der Waals surface area (Å²) in [7, 11) is 0. The van der Waals surface area contributed by atoms with Crippen LogP contribution in [0.15, 0.2) is 30.1 Å². The zero-order valence-corrected chi connectivity index (χ0v) is 6.25. The Hall–Kier alpha value is -1.15. The highest BCUT2D eigenvalue weighted by atomic mass is 14.9. The third-order valence-electron chi connectivity index (χ3n) is 1.78. The Morgan fingerprint density at radius 3 is 2.55 bits per heavy atom. The Bertz CT molecular complexity index is 258. The Balaban J connectivity index is 2.17. The number of rotatable bonds is 1. The number of aromatic nitrogens is 1. The van der Waals surface area contributed by atoms with Crippen molar-refractivity contribution in [3.05, 3.63) is 35.7 Å². The van der Waals surface area contributed by atoms with Crippen molar-refractivity contribution in [3.8, 4) is 0 Å². The molecule has 0 bridgehead atoms. The highest BCUT2D eigenvalue weighted by molar-refractivity contribution is 5.54. The van der Waals surface area contributed by atoms with Gasteiger partial charge in [0.25, 0.3) is 0 Å². The fourth-order valence-electron chi connectivity index (χ4n) is 1.07. The summed E-state index contributed by atoms with van der Waals surface area (Å²) in [5.74, 6) is 0. The van der Waals surface area contributed by atoms with E-state index >= 15 is 0 Å². The molecule has 2 heteroatoms. The third kappa shape index (κ3) is 1.46. The molecule has 11 heavy (non-hydrogen) atoms. The summed E-state index contributed by atoms with van der Waals surface area (Å²) in [6, 6.07) is 4.04. The summed E-state index contributed by atoms with van der Waals surface area (Å²) >= 11 is 0. The summed E-state index contributed by atoms with van der Waals surface area (Å²) in [6.45, 7) is 2.09. The molecule has 0 spiro atoms. The molecule has 0 aliphatic carbocycles. The lowest BCUT2D eigenvalue weighted by Gasteiger charge is -2.18. The standard InChI is InChI=1S/C9H10N2/c1-3-10-4-2-8(1)5-9-6-11-7-9/h1-5,11H,6-7H2. The van der Waals surface area contributed by atoms with Crippen molar-refractivity contribution < 1.29 is 0 Å². The topological polar surface area (TPSA) is 24.9 Å². The van der Waals surface area contributed by atoms with Crippen LogP contribution in [0, 0.1) is 0 Å². The van der Waals surface area contributed by atoms with Crippen molar-refractivity contribution in [1.82, 2.24) is 10.3 Å². The number of hydrogen-bond acceptors (Lipinski definition) is 2. The molecule has 1 saturated heterocycles. The van der Waals surface area contributed by atoms with Gasteiger partial charge in [-0.15, -0.1) is 0 Å². The molecule has 1 fully saturated rings. The number of nitrogens with one attached hydrogen (secondary N) is 1. The largest absolute Gasteiger partial charge is 0.309 e. The second-order valence-electron chi connectivity index (χ2n) is 2.69. The fourth-order valence-corrected chi connectivity index (χ4v) is 1.07. The van der Waals surface area contributed by atoms with Gasteiger partial charge < -0.3 is 5.32 Å². The first-order chi connectivity index (χ1) is 5.45. The summed E-state index contributed by atoms with van der Waals surface area (Å²) < 4.78 is 0. The second-order valence-corrected chi connectivity index (χ2v) is 2.69. The SMILES string of the molecule is C(=C1CNC1)c1ccncc1. The van der Waals surface area contributed by atoms with E-state index in [1.54, 1.807) is 0 Å². The van der Waals surface area contributed by atoms with E-state index < -0.39 is 0 Å². The zero-order valence-electron chi connectivity index (χ0n) is 6.25. The lowest BCUT2D eigenvalue weighted by molar-refractivity contribution is 0.675. The molecular weight excluding hydrogens is 136 g/mol.